The van der Waals surface area contributed by atoms with Crippen LogP contribution in [0.2, 0.25) is 0 Å². The maximum Gasteiger partial charge on any atom is 0.215 e. The lowest BCUT2D eigenvalue weighted by molar-refractivity contribution is 0.781. The van der Waals surface area contributed by atoms with Crippen molar-refractivity contribution in [3.63, 3.8) is 0 Å². The van der Waals surface area contributed by atoms with Gasteiger partial charge in [-0.15, -0.1) is 0 Å². The number of nitrogens with one attached hydrogen (secondary N) is 2. The second-order valence-electron chi connectivity index (χ2n) is 5.92. The van der Waals surface area contributed by atoms with Gasteiger partial charge in [0.1, 0.15) is 5.82 Å². The third-order valence-corrected chi connectivity index (χ3v) is 4.38. The highest BCUT2D eigenvalue weighted by Gasteiger charge is 2.21. The van der Waals surface area contributed by atoms with E-state index in [0.29, 0.717) is 0 Å². The van der Waals surface area contributed by atoms with Crippen LogP contribution in [-0.2, 0) is 6.42 Å². The van der Waals surface area contributed by atoms with Crippen molar-refractivity contribution in [3.05, 3.63) is 48.0 Å². The summed E-state index contributed by atoms with van der Waals surface area (Å²) in [5.74, 6) is 0.820. The second-order valence-corrected chi connectivity index (χ2v) is 5.92. The molecule has 2 heterocycles. The van der Waals surface area contributed by atoms with Crippen LogP contribution in [-0.4, -0.2) is 22.3 Å². The van der Waals surface area contributed by atoms with E-state index in [1.807, 2.05) is 12.1 Å². The zero-order valence-corrected chi connectivity index (χ0v) is 12.8. The Morgan fingerprint density at radius 2 is 1.96 bits per heavy atom. The van der Waals surface area contributed by atoms with Crippen LogP contribution in [0.25, 0.3) is 22.0 Å². The Hall–Kier alpha value is -2.82. The van der Waals surface area contributed by atoms with Gasteiger partial charge in [0.25, 0.3) is 0 Å². The van der Waals surface area contributed by atoms with E-state index in [1.54, 1.807) is 0 Å². The average molecular weight is 305 g/mol. The maximum absolute atomic E-state index is 7.79. The molecule has 116 valence electrons. The molecule has 2 aromatic carbocycles. The number of fused-ring (bicyclic) bond motifs is 2. The van der Waals surface area contributed by atoms with Gasteiger partial charge < -0.3 is 11.1 Å². The smallest absolute Gasteiger partial charge is 0.215 e. The van der Waals surface area contributed by atoms with Crippen molar-refractivity contribution in [2.75, 3.05) is 11.9 Å². The van der Waals surface area contributed by atoms with Gasteiger partial charge in [-0.05, 0) is 36.1 Å². The quantitative estimate of drug-likeness (QED) is 0.477. The summed E-state index contributed by atoms with van der Waals surface area (Å²) in [6.07, 6.45) is 3.19. The first-order valence-corrected chi connectivity index (χ1v) is 7.93. The highest BCUT2D eigenvalue weighted by Crippen LogP contribution is 2.33. The van der Waals surface area contributed by atoms with Crippen LogP contribution in [0, 0.1) is 5.41 Å². The van der Waals surface area contributed by atoms with E-state index in [4.69, 9.17) is 11.1 Å². The summed E-state index contributed by atoms with van der Waals surface area (Å²) in [6.45, 7) is 0.892. The molecule has 0 saturated heterocycles. The van der Waals surface area contributed by atoms with Crippen molar-refractivity contribution in [1.29, 1.82) is 5.41 Å². The van der Waals surface area contributed by atoms with Crippen molar-refractivity contribution in [3.8, 4) is 11.3 Å². The van der Waals surface area contributed by atoms with Gasteiger partial charge in [0.2, 0.25) is 5.96 Å². The summed E-state index contributed by atoms with van der Waals surface area (Å²) in [7, 11) is 0. The van der Waals surface area contributed by atoms with Gasteiger partial charge in [0.15, 0.2) is 0 Å². The summed E-state index contributed by atoms with van der Waals surface area (Å²) in [4.78, 5) is 0. The standard InChI is InChI=1S/C18H19N5/c19-18(20)23-17-15(7-3-4-10-21-17)16(22-23)14-9-8-12-5-1-2-6-13(12)11-14/h1-2,5-6,8-9,11,21H,3-4,7,10H2,(H3,19,20). The lowest BCUT2D eigenvalue weighted by atomic mass is 10.0. The lowest BCUT2D eigenvalue weighted by Gasteiger charge is -2.06. The number of hydrogen-bond acceptors (Lipinski definition) is 3. The topological polar surface area (TPSA) is 79.7 Å². The van der Waals surface area contributed by atoms with Crippen LogP contribution >= 0.6 is 0 Å². The lowest BCUT2D eigenvalue weighted by Crippen LogP contribution is -2.24. The summed E-state index contributed by atoms with van der Waals surface area (Å²) < 4.78 is 1.52. The molecule has 4 N–H and O–H groups in total. The highest BCUT2D eigenvalue weighted by atomic mass is 15.4. The Bertz CT molecular complexity index is 894. The SMILES string of the molecule is N=C(N)n1nc(-c2ccc3ccccc3c2)c2c1NCCCC2. The molecule has 0 unspecified atom stereocenters. The van der Waals surface area contributed by atoms with E-state index in [9.17, 15) is 0 Å². The van der Waals surface area contributed by atoms with E-state index in [2.05, 4.69) is 40.7 Å². The van der Waals surface area contributed by atoms with Gasteiger partial charge in [-0.3, -0.25) is 5.41 Å². The zero-order valence-electron chi connectivity index (χ0n) is 12.8. The van der Waals surface area contributed by atoms with E-state index >= 15 is 0 Å². The second kappa shape index (κ2) is 5.43. The molecule has 0 radical (unpaired) electrons. The summed E-state index contributed by atoms with van der Waals surface area (Å²) in [5, 5.41) is 18.2. The number of aromatic nitrogens is 2. The Kier molecular flexibility index (Phi) is 3.26. The number of anilines is 1. The van der Waals surface area contributed by atoms with E-state index < -0.39 is 0 Å². The zero-order chi connectivity index (χ0) is 15.8. The minimum absolute atomic E-state index is 0.0531. The molecule has 4 rings (SSSR count). The van der Waals surface area contributed by atoms with Crippen molar-refractivity contribution < 1.29 is 0 Å². The molecule has 5 heteroatoms. The largest absolute Gasteiger partial charge is 0.370 e. The van der Waals surface area contributed by atoms with Crippen LogP contribution in [0.3, 0.4) is 0 Å². The molecule has 5 nitrogen and oxygen atoms in total. The number of rotatable bonds is 1. The van der Waals surface area contributed by atoms with E-state index in [-0.39, 0.29) is 5.96 Å². The molecule has 0 spiro atoms. The summed E-state index contributed by atoms with van der Waals surface area (Å²) in [6, 6.07) is 14.7. The van der Waals surface area contributed by atoms with E-state index in [1.165, 1.54) is 15.5 Å². The van der Waals surface area contributed by atoms with Gasteiger partial charge in [0.05, 0.1) is 5.69 Å². The third-order valence-electron chi connectivity index (χ3n) is 4.38. The van der Waals surface area contributed by atoms with Gasteiger partial charge in [-0.25, -0.2) is 0 Å². The van der Waals surface area contributed by atoms with Crippen molar-refractivity contribution in [1.82, 2.24) is 9.78 Å². The van der Waals surface area contributed by atoms with Crippen LogP contribution in [0.5, 0.6) is 0 Å². The average Bonchev–Trinajstić information content (AvgIpc) is 2.76. The summed E-state index contributed by atoms with van der Waals surface area (Å²) in [5.41, 5.74) is 8.87. The van der Waals surface area contributed by atoms with Crippen LogP contribution in [0.15, 0.2) is 42.5 Å². The Morgan fingerprint density at radius 1 is 1.13 bits per heavy atom. The fourth-order valence-electron chi connectivity index (χ4n) is 3.25. The Morgan fingerprint density at radius 3 is 2.78 bits per heavy atom. The molecule has 1 aliphatic rings. The molecule has 0 saturated carbocycles. The number of nitrogens with zero attached hydrogens (tertiary/aromatic N) is 2. The van der Waals surface area contributed by atoms with Gasteiger partial charge >= 0.3 is 0 Å². The maximum atomic E-state index is 7.79. The number of benzene rings is 2. The first-order chi connectivity index (χ1) is 11.2. The molecule has 3 aromatic rings. The normalized spacial score (nSPS) is 14.1. The molecule has 1 aromatic heterocycles. The fourth-order valence-corrected chi connectivity index (χ4v) is 3.25. The van der Waals surface area contributed by atoms with Gasteiger partial charge in [-0.2, -0.15) is 9.78 Å². The molecule has 0 atom stereocenters. The van der Waals surface area contributed by atoms with Gasteiger partial charge in [0, 0.05) is 17.7 Å². The third kappa shape index (κ3) is 2.34. The highest BCUT2D eigenvalue weighted by molar-refractivity contribution is 5.89. The monoisotopic (exact) mass is 305 g/mol. The Labute approximate surface area is 134 Å². The van der Waals surface area contributed by atoms with Crippen LogP contribution in [0.4, 0.5) is 5.82 Å². The minimum Gasteiger partial charge on any atom is -0.370 e. The first kappa shape index (κ1) is 13.8. The summed E-state index contributed by atoms with van der Waals surface area (Å²) >= 11 is 0. The predicted octanol–water partition coefficient (Wildman–Crippen LogP) is 3.19. The van der Waals surface area contributed by atoms with E-state index in [0.717, 1.165) is 48.4 Å². The van der Waals surface area contributed by atoms with Gasteiger partial charge in [-0.1, -0.05) is 36.4 Å². The molecule has 1 aliphatic heterocycles. The van der Waals surface area contributed by atoms with Crippen LogP contribution < -0.4 is 11.1 Å². The molecule has 0 aliphatic carbocycles. The molecule has 0 bridgehead atoms. The van der Waals surface area contributed by atoms with Crippen LogP contribution in [0.1, 0.15) is 18.4 Å². The number of hydrogen-bond donors (Lipinski definition) is 3. The Balaban J connectivity index is 1.91. The minimum atomic E-state index is -0.0531. The van der Waals surface area contributed by atoms with Crippen molar-refractivity contribution in [2.45, 2.75) is 19.3 Å². The molecule has 23 heavy (non-hydrogen) atoms. The van der Waals surface area contributed by atoms with Crippen molar-refractivity contribution in [2.24, 2.45) is 5.73 Å². The predicted molar refractivity (Wildman–Crippen MR) is 93.9 cm³/mol. The fraction of sp³-hybridized carbons (Fsp3) is 0.222. The number of nitrogen functional groups attached to an aromatic ring is 1. The first-order valence-electron chi connectivity index (χ1n) is 7.93. The molecule has 0 amide bonds. The molecular weight excluding hydrogens is 286 g/mol. The number of nitrogens with two attached hydrogens (primary N) is 1. The molecular formula is C18H19N5. The van der Waals surface area contributed by atoms with Crippen molar-refractivity contribution >= 4 is 22.5 Å². The molecule has 0 fully saturated rings.